The van der Waals surface area contributed by atoms with Gasteiger partial charge in [0.15, 0.2) is 0 Å². The Bertz CT molecular complexity index is 457. The lowest BCUT2D eigenvalue weighted by Gasteiger charge is -2.42. The fourth-order valence-electron chi connectivity index (χ4n) is 2.42. The van der Waals surface area contributed by atoms with Gasteiger partial charge in [-0.15, -0.1) is 0 Å². The lowest BCUT2D eigenvalue weighted by molar-refractivity contribution is 0.168. The van der Waals surface area contributed by atoms with E-state index >= 15 is 0 Å². The fourth-order valence-corrected chi connectivity index (χ4v) is 2.42. The first-order valence-corrected chi connectivity index (χ1v) is 7.58. The Hall–Kier alpha value is -1.63. The first-order chi connectivity index (χ1) is 10.0. The molecule has 0 aliphatic carbocycles. The predicted octanol–water partition coefficient (Wildman–Crippen LogP) is 1.23. The zero-order valence-electron chi connectivity index (χ0n) is 13.6. The van der Waals surface area contributed by atoms with Gasteiger partial charge in [-0.25, -0.2) is 0 Å². The van der Waals surface area contributed by atoms with Crippen LogP contribution in [0.1, 0.15) is 27.2 Å². The predicted molar refractivity (Wildman–Crippen MR) is 84.1 cm³/mol. The van der Waals surface area contributed by atoms with Gasteiger partial charge < -0.3 is 15.0 Å². The first kappa shape index (κ1) is 15.8. The molecule has 1 aliphatic heterocycles. The smallest absolute Gasteiger partial charge is 0.323 e. The van der Waals surface area contributed by atoms with Gasteiger partial charge >= 0.3 is 6.01 Å². The average molecular weight is 294 g/mol. The Labute approximate surface area is 126 Å². The Morgan fingerprint density at radius 2 is 1.86 bits per heavy atom. The highest BCUT2D eigenvalue weighted by molar-refractivity contribution is 5.39. The van der Waals surface area contributed by atoms with E-state index in [9.17, 15) is 0 Å². The van der Waals surface area contributed by atoms with Crippen molar-refractivity contribution >= 4 is 11.9 Å². The van der Waals surface area contributed by atoms with Crippen LogP contribution in [0.15, 0.2) is 0 Å². The van der Waals surface area contributed by atoms with Crippen LogP contribution in [-0.4, -0.2) is 65.7 Å². The van der Waals surface area contributed by atoms with Crippen molar-refractivity contribution in [2.75, 3.05) is 44.0 Å². The molecule has 1 aromatic heterocycles. The zero-order chi connectivity index (χ0) is 15.4. The molecule has 118 valence electrons. The van der Waals surface area contributed by atoms with Gasteiger partial charge in [-0.1, -0.05) is 6.92 Å². The van der Waals surface area contributed by atoms with Crippen LogP contribution in [-0.2, 0) is 0 Å². The maximum atomic E-state index is 5.56. The maximum Gasteiger partial charge on any atom is 0.323 e. The number of hydrogen-bond donors (Lipinski definition) is 1. The van der Waals surface area contributed by atoms with Gasteiger partial charge in [0, 0.05) is 32.2 Å². The highest BCUT2D eigenvalue weighted by atomic mass is 16.5. The molecule has 1 saturated heterocycles. The van der Waals surface area contributed by atoms with Crippen molar-refractivity contribution in [2.24, 2.45) is 0 Å². The normalized spacial score (nSPS) is 23.2. The summed E-state index contributed by atoms with van der Waals surface area (Å²) in [5.74, 6) is 1.23. The van der Waals surface area contributed by atoms with E-state index < -0.39 is 0 Å². The molecule has 1 fully saturated rings. The van der Waals surface area contributed by atoms with Crippen molar-refractivity contribution in [1.29, 1.82) is 0 Å². The molecular weight excluding hydrogens is 268 g/mol. The molecule has 0 amide bonds. The summed E-state index contributed by atoms with van der Waals surface area (Å²) < 4.78 is 5.56. The standard InChI is InChI=1S/C14H26N6O/c1-6-7-21-14-17-12(15-4)16-13(18-14)20-8-10(2)19(5)11(3)9-20/h10-11H,6-9H2,1-5H3,(H,15,16,17,18). The van der Waals surface area contributed by atoms with E-state index in [1.807, 2.05) is 0 Å². The minimum absolute atomic E-state index is 0.394. The highest BCUT2D eigenvalue weighted by Crippen LogP contribution is 2.20. The highest BCUT2D eigenvalue weighted by Gasteiger charge is 2.28. The van der Waals surface area contributed by atoms with E-state index in [0.717, 1.165) is 19.5 Å². The molecule has 0 saturated carbocycles. The summed E-state index contributed by atoms with van der Waals surface area (Å²) in [6, 6.07) is 1.32. The van der Waals surface area contributed by atoms with E-state index in [2.05, 4.69) is 57.9 Å². The Morgan fingerprint density at radius 3 is 2.43 bits per heavy atom. The second kappa shape index (κ2) is 6.89. The number of piperazine rings is 1. The van der Waals surface area contributed by atoms with Crippen molar-refractivity contribution < 1.29 is 4.74 Å². The minimum Gasteiger partial charge on any atom is -0.463 e. The van der Waals surface area contributed by atoms with Crippen molar-refractivity contribution in [1.82, 2.24) is 19.9 Å². The van der Waals surface area contributed by atoms with E-state index in [1.165, 1.54) is 0 Å². The molecule has 0 spiro atoms. The van der Waals surface area contributed by atoms with E-state index in [-0.39, 0.29) is 0 Å². The van der Waals surface area contributed by atoms with Gasteiger partial charge in [0.25, 0.3) is 0 Å². The molecule has 2 heterocycles. The van der Waals surface area contributed by atoms with Gasteiger partial charge in [-0.05, 0) is 27.3 Å². The molecule has 2 unspecified atom stereocenters. The van der Waals surface area contributed by atoms with Crippen LogP contribution in [0.25, 0.3) is 0 Å². The molecule has 0 bridgehead atoms. The summed E-state index contributed by atoms with van der Waals surface area (Å²) in [4.78, 5) is 17.8. The number of hydrogen-bond acceptors (Lipinski definition) is 7. The number of aromatic nitrogens is 3. The molecule has 7 nitrogen and oxygen atoms in total. The molecule has 1 N–H and O–H groups in total. The molecule has 0 radical (unpaired) electrons. The number of ether oxygens (including phenoxy) is 1. The van der Waals surface area contributed by atoms with Crippen LogP contribution < -0.4 is 15.0 Å². The number of nitrogens with one attached hydrogen (secondary N) is 1. The lowest BCUT2D eigenvalue weighted by Crippen LogP contribution is -2.55. The Balaban J connectivity index is 2.21. The molecule has 2 atom stereocenters. The molecule has 2 rings (SSSR count). The molecule has 1 aliphatic rings. The number of nitrogens with zero attached hydrogens (tertiary/aromatic N) is 5. The number of likely N-dealkylation sites (N-methyl/N-ethyl adjacent to an activating group) is 1. The summed E-state index contributed by atoms with van der Waals surface area (Å²) in [5.41, 5.74) is 0. The third kappa shape index (κ3) is 3.72. The van der Waals surface area contributed by atoms with Gasteiger partial charge in [0.2, 0.25) is 11.9 Å². The Kier molecular flexibility index (Phi) is 5.17. The number of rotatable bonds is 5. The zero-order valence-corrected chi connectivity index (χ0v) is 13.6. The van der Waals surface area contributed by atoms with Crippen LogP contribution in [0, 0.1) is 0 Å². The lowest BCUT2D eigenvalue weighted by atomic mass is 10.1. The van der Waals surface area contributed by atoms with Crippen LogP contribution in [0.5, 0.6) is 6.01 Å². The maximum absolute atomic E-state index is 5.56. The topological polar surface area (TPSA) is 66.4 Å². The first-order valence-electron chi connectivity index (χ1n) is 7.58. The fraction of sp³-hybridized carbons (Fsp3) is 0.786. The van der Waals surface area contributed by atoms with Crippen molar-refractivity contribution in [3.8, 4) is 6.01 Å². The summed E-state index contributed by atoms with van der Waals surface area (Å²) >= 11 is 0. The molecular formula is C14H26N6O. The summed E-state index contributed by atoms with van der Waals surface area (Å²) in [6.07, 6.45) is 0.929. The van der Waals surface area contributed by atoms with Crippen molar-refractivity contribution in [2.45, 2.75) is 39.3 Å². The van der Waals surface area contributed by atoms with Gasteiger partial charge in [0.05, 0.1) is 6.61 Å². The second-order valence-electron chi connectivity index (χ2n) is 5.61. The Morgan fingerprint density at radius 1 is 1.19 bits per heavy atom. The van der Waals surface area contributed by atoms with Gasteiger partial charge in [-0.2, -0.15) is 15.0 Å². The third-order valence-corrected chi connectivity index (χ3v) is 3.90. The van der Waals surface area contributed by atoms with E-state index in [1.54, 1.807) is 7.05 Å². The van der Waals surface area contributed by atoms with E-state index in [0.29, 0.717) is 36.6 Å². The minimum atomic E-state index is 0.394. The molecule has 21 heavy (non-hydrogen) atoms. The van der Waals surface area contributed by atoms with Crippen LogP contribution in [0.4, 0.5) is 11.9 Å². The number of anilines is 2. The van der Waals surface area contributed by atoms with E-state index in [4.69, 9.17) is 4.74 Å². The average Bonchev–Trinajstić information content (AvgIpc) is 2.49. The molecule has 1 aromatic rings. The van der Waals surface area contributed by atoms with Gasteiger partial charge in [0.1, 0.15) is 0 Å². The third-order valence-electron chi connectivity index (χ3n) is 3.90. The second-order valence-corrected chi connectivity index (χ2v) is 5.61. The summed E-state index contributed by atoms with van der Waals surface area (Å²) in [7, 11) is 3.97. The van der Waals surface area contributed by atoms with Crippen LogP contribution in [0.2, 0.25) is 0 Å². The molecule has 0 aromatic carbocycles. The summed E-state index contributed by atoms with van der Waals surface area (Å²) in [5, 5.41) is 2.98. The molecule has 7 heteroatoms. The van der Waals surface area contributed by atoms with Crippen molar-refractivity contribution in [3.63, 3.8) is 0 Å². The summed E-state index contributed by atoms with van der Waals surface area (Å²) in [6.45, 7) is 8.92. The van der Waals surface area contributed by atoms with Crippen LogP contribution in [0.3, 0.4) is 0 Å². The quantitative estimate of drug-likeness (QED) is 0.876. The monoisotopic (exact) mass is 294 g/mol. The van der Waals surface area contributed by atoms with Gasteiger partial charge in [-0.3, -0.25) is 4.90 Å². The SMILES string of the molecule is CCCOc1nc(NC)nc(N2CC(C)N(C)C(C)C2)n1. The largest absolute Gasteiger partial charge is 0.463 e. The van der Waals surface area contributed by atoms with Crippen molar-refractivity contribution in [3.05, 3.63) is 0 Å². The van der Waals surface area contributed by atoms with Crippen LogP contribution >= 0.6 is 0 Å².